The minimum Gasteiger partial charge on any atom is -0.374 e. The summed E-state index contributed by atoms with van der Waals surface area (Å²) < 4.78 is 13.8. The largest absolute Gasteiger partial charge is 0.374 e. The highest BCUT2D eigenvalue weighted by atomic mass is 35.5. The number of fused-ring (bicyclic) bond motifs is 2. The molecular formula is C10H11Cl2N3O. The lowest BCUT2D eigenvalue weighted by Gasteiger charge is -2.29. The summed E-state index contributed by atoms with van der Waals surface area (Å²) in [5.41, 5.74) is 0.759. The van der Waals surface area contributed by atoms with Gasteiger partial charge >= 0.3 is 0 Å². The molecule has 2 aliphatic rings. The molecule has 1 aromatic rings. The molecule has 2 saturated heterocycles. The van der Waals surface area contributed by atoms with E-state index in [0.717, 1.165) is 5.56 Å². The number of morpholine rings is 1. The van der Waals surface area contributed by atoms with E-state index in [1.54, 1.807) is 0 Å². The SMILES string of the molecule is [2H][C@]12CO[C@H](CN1c1nc(Cl)nc(Cl)c1C)C2. The maximum absolute atomic E-state index is 8.36. The van der Waals surface area contributed by atoms with Gasteiger partial charge in [0.2, 0.25) is 5.28 Å². The second-order valence-electron chi connectivity index (χ2n) is 4.05. The molecule has 0 spiro atoms. The molecule has 2 bridgehead atoms. The molecule has 2 atom stereocenters. The van der Waals surface area contributed by atoms with Crippen LogP contribution in [0.15, 0.2) is 0 Å². The summed E-state index contributed by atoms with van der Waals surface area (Å²) in [7, 11) is 0. The van der Waals surface area contributed by atoms with Crippen LogP contribution in [0.4, 0.5) is 5.82 Å². The Morgan fingerprint density at radius 2 is 2.31 bits per heavy atom. The molecule has 6 heteroatoms. The van der Waals surface area contributed by atoms with Crippen molar-refractivity contribution in [1.82, 2.24) is 9.97 Å². The fraction of sp³-hybridized carbons (Fsp3) is 0.600. The van der Waals surface area contributed by atoms with Gasteiger partial charge in [0, 0.05) is 12.1 Å². The Morgan fingerprint density at radius 3 is 2.94 bits per heavy atom. The topological polar surface area (TPSA) is 38.2 Å². The van der Waals surface area contributed by atoms with Crippen LogP contribution in [0.2, 0.25) is 10.4 Å². The van der Waals surface area contributed by atoms with Gasteiger partial charge in [-0.25, -0.2) is 9.97 Å². The Bertz CT molecular complexity index is 487. The van der Waals surface area contributed by atoms with Gasteiger partial charge in [0.25, 0.3) is 0 Å². The minimum absolute atomic E-state index is 0.111. The molecule has 0 aromatic carbocycles. The van der Waals surface area contributed by atoms with Crippen LogP contribution < -0.4 is 4.90 Å². The fourth-order valence-corrected chi connectivity index (χ4v) is 2.56. The molecule has 0 unspecified atom stereocenters. The molecule has 16 heavy (non-hydrogen) atoms. The van der Waals surface area contributed by atoms with Gasteiger partial charge in [-0.05, 0) is 24.9 Å². The van der Waals surface area contributed by atoms with E-state index in [0.29, 0.717) is 30.5 Å². The first-order valence-corrected chi connectivity index (χ1v) is 5.84. The smallest absolute Gasteiger partial charge is 0.225 e. The predicted molar refractivity (Wildman–Crippen MR) is 62.3 cm³/mol. The summed E-state index contributed by atoms with van der Waals surface area (Å²) in [5, 5.41) is 0.454. The van der Waals surface area contributed by atoms with Crippen molar-refractivity contribution in [2.45, 2.75) is 25.5 Å². The summed E-state index contributed by atoms with van der Waals surface area (Å²) >= 11 is 11.8. The number of nitrogens with zero attached hydrogens (tertiary/aromatic N) is 3. The predicted octanol–water partition coefficient (Wildman–Crippen LogP) is 2.07. The highest BCUT2D eigenvalue weighted by Crippen LogP contribution is 2.35. The van der Waals surface area contributed by atoms with Gasteiger partial charge in [-0.2, -0.15) is 0 Å². The molecule has 0 saturated carbocycles. The lowest BCUT2D eigenvalue weighted by atomic mass is 10.2. The van der Waals surface area contributed by atoms with E-state index >= 15 is 0 Å². The third-order valence-corrected chi connectivity index (χ3v) is 3.54. The first-order chi connectivity index (χ1) is 7.99. The number of halogens is 2. The van der Waals surface area contributed by atoms with Crippen molar-refractivity contribution < 1.29 is 6.11 Å². The van der Waals surface area contributed by atoms with Gasteiger partial charge in [0.1, 0.15) is 11.0 Å². The van der Waals surface area contributed by atoms with Crippen LogP contribution >= 0.6 is 23.2 Å². The zero-order valence-electron chi connectivity index (χ0n) is 9.70. The Kier molecular flexibility index (Phi) is 2.20. The van der Waals surface area contributed by atoms with E-state index in [9.17, 15) is 0 Å². The molecule has 86 valence electrons. The number of rotatable bonds is 1. The second kappa shape index (κ2) is 3.72. The maximum atomic E-state index is 8.36. The van der Waals surface area contributed by atoms with Crippen molar-refractivity contribution in [3.8, 4) is 0 Å². The quantitative estimate of drug-likeness (QED) is 0.573. The molecule has 3 rings (SSSR count). The van der Waals surface area contributed by atoms with Gasteiger partial charge in [-0.3, -0.25) is 0 Å². The van der Waals surface area contributed by atoms with Crippen LogP contribution in [0, 0.1) is 6.92 Å². The Hall–Kier alpha value is -0.580. The average molecular weight is 261 g/mol. The highest BCUT2D eigenvalue weighted by molar-refractivity contribution is 6.32. The van der Waals surface area contributed by atoms with E-state index in [-0.39, 0.29) is 11.4 Å². The first-order valence-electron chi connectivity index (χ1n) is 5.58. The van der Waals surface area contributed by atoms with Crippen molar-refractivity contribution in [3.63, 3.8) is 0 Å². The molecule has 1 aromatic heterocycles. The van der Waals surface area contributed by atoms with Crippen molar-refractivity contribution in [3.05, 3.63) is 16.0 Å². The van der Waals surface area contributed by atoms with Crippen molar-refractivity contribution in [2.75, 3.05) is 18.1 Å². The van der Waals surface area contributed by atoms with E-state index in [2.05, 4.69) is 9.97 Å². The van der Waals surface area contributed by atoms with Crippen LogP contribution in [0.1, 0.15) is 13.4 Å². The Labute approximate surface area is 105 Å². The summed E-state index contributed by atoms with van der Waals surface area (Å²) in [4.78, 5) is 10.0. The first kappa shape index (κ1) is 9.45. The van der Waals surface area contributed by atoms with Crippen LogP contribution in [0.3, 0.4) is 0 Å². The van der Waals surface area contributed by atoms with Gasteiger partial charge in [0.15, 0.2) is 0 Å². The van der Waals surface area contributed by atoms with Gasteiger partial charge in [-0.15, -0.1) is 0 Å². The average Bonchev–Trinajstić information content (AvgIpc) is 2.78. The fourth-order valence-electron chi connectivity index (χ4n) is 2.19. The molecule has 0 radical (unpaired) electrons. The van der Waals surface area contributed by atoms with E-state index in [1.165, 1.54) is 0 Å². The van der Waals surface area contributed by atoms with E-state index < -0.39 is 6.02 Å². The highest BCUT2D eigenvalue weighted by Gasteiger charge is 2.40. The molecule has 0 aliphatic carbocycles. The standard InChI is InChI=1S/C10H11Cl2N3O/c1-5-8(11)13-10(12)14-9(5)15-3-7-2-6(15)4-16-7/h6-7H,2-4H2,1H3/t6-,7-/m0/s1/i6D. The monoisotopic (exact) mass is 260 g/mol. The van der Waals surface area contributed by atoms with E-state index in [1.807, 2.05) is 11.8 Å². The van der Waals surface area contributed by atoms with Crippen LogP contribution in [0.5, 0.6) is 0 Å². The Morgan fingerprint density at radius 1 is 1.50 bits per heavy atom. The number of ether oxygens (including phenoxy) is 1. The third-order valence-electron chi connectivity index (χ3n) is 3.01. The molecule has 2 fully saturated rings. The van der Waals surface area contributed by atoms with Crippen LogP contribution in [-0.2, 0) is 4.74 Å². The number of aromatic nitrogens is 2. The molecular weight excluding hydrogens is 249 g/mol. The molecule has 3 heterocycles. The van der Waals surface area contributed by atoms with Crippen LogP contribution in [0.25, 0.3) is 0 Å². The van der Waals surface area contributed by atoms with Gasteiger partial charge in [0.05, 0.1) is 20.1 Å². The van der Waals surface area contributed by atoms with Crippen molar-refractivity contribution >= 4 is 29.0 Å². The third kappa shape index (κ3) is 1.56. The number of hydrogen-bond acceptors (Lipinski definition) is 4. The van der Waals surface area contributed by atoms with E-state index in [4.69, 9.17) is 29.3 Å². The lowest BCUT2D eigenvalue weighted by molar-refractivity contribution is 0.0988. The summed E-state index contributed by atoms with van der Waals surface area (Å²) in [6.45, 7) is 2.90. The summed E-state index contributed by atoms with van der Waals surface area (Å²) in [6.07, 6.45) is 0.811. The van der Waals surface area contributed by atoms with Crippen molar-refractivity contribution in [1.29, 1.82) is 0 Å². The second-order valence-corrected chi connectivity index (χ2v) is 4.74. The number of anilines is 1. The molecule has 0 N–H and O–H groups in total. The minimum atomic E-state index is -0.740. The summed E-state index contributed by atoms with van der Waals surface area (Å²) in [5.74, 6) is 0.649. The Balaban J connectivity index is 2.06. The zero-order chi connectivity index (χ0) is 12.2. The van der Waals surface area contributed by atoms with Gasteiger partial charge < -0.3 is 9.64 Å². The van der Waals surface area contributed by atoms with Crippen LogP contribution in [-0.4, -0.2) is 35.2 Å². The molecule has 0 amide bonds. The summed E-state index contributed by atoms with van der Waals surface area (Å²) in [6, 6.07) is -0.740. The number of hydrogen-bond donors (Lipinski definition) is 0. The molecule has 2 aliphatic heterocycles. The molecule has 4 nitrogen and oxygen atoms in total. The van der Waals surface area contributed by atoms with Crippen molar-refractivity contribution in [2.24, 2.45) is 0 Å². The van der Waals surface area contributed by atoms with Gasteiger partial charge in [-0.1, -0.05) is 11.6 Å². The zero-order valence-corrected chi connectivity index (χ0v) is 10.2. The normalized spacial score (nSPS) is 33.3. The maximum Gasteiger partial charge on any atom is 0.225 e. The lowest BCUT2D eigenvalue weighted by Crippen LogP contribution is -2.38.